The molecule has 6 heteroatoms. The molecule has 0 radical (unpaired) electrons. The van der Waals surface area contributed by atoms with Crippen LogP contribution in [0.5, 0.6) is 5.75 Å². The molecule has 1 amide bonds. The van der Waals surface area contributed by atoms with Crippen molar-refractivity contribution in [2.45, 2.75) is 31.9 Å². The predicted molar refractivity (Wildman–Crippen MR) is 111 cm³/mol. The van der Waals surface area contributed by atoms with Crippen molar-refractivity contribution in [2.24, 2.45) is 11.7 Å². The number of ether oxygens (including phenoxy) is 1. The quantitative estimate of drug-likeness (QED) is 0.793. The summed E-state index contributed by atoms with van der Waals surface area (Å²) in [6.07, 6.45) is 1.21. The second kappa shape index (κ2) is 9.98. The van der Waals surface area contributed by atoms with Gasteiger partial charge in [0.15, 0.2) is 0 Å². The van der Waals surface area contributed by atoms with E-state index in [0.29, 0.717) is 16.7 Å². The molecule has 4 nitrogen and oxygen atoms in total. The van der Waals surface area contributed by atoms with E-state index < -0.39 is 6.10 Å². The van der Waals surface area contributed by atoms with Crippen molar-refractivity contribution in [3.8, 4) is 5.75 Å². The monoisotopic (exact) mass is 408 g/mol. The summed E-state index contributed by atoms with van der Waals surface area (Å²) < 4.78 is 6.07. The first-order valence-corrected chi connectivity index (χ1v) is 9.44. The largest absolute Gasteiger partial charge is 0.476 e. The minimum Gasteiger partial charge on any atom is -0.476 e. The van der Waals surface area contributed by atoms with Gasteiger partial charge in [0, 0.05) is 29.7 Å². The number of hydrogen-bond acceptors (Lipinski definition) is 3. The Morgan fingerprint density at radius 2 is 1.70 bits per heavy atom. The highest BCUT2D eigenvalue weighted by Crippen LogP contribution is 2.28. The zero-order valence-electron chi connectivity index (χ0n) is 15.4. The van der Waals surface area contributed by atoms with Crippen LogP contribution in [0.25, 0.3) is 0 Å². The summed E-state index contributed by atoms with van der Waals surface area (Å²) in [6.45, 7) is 3.48. The van der Waals surface area contributed by atoms with E-state index in [4.69, 9.17) is 22.1 Å². The Morgan fingerprint density at radius 3 is 2.26 bits per heavy atom. The molecule has 0 aliphatic carbocycles. The summed E-state index contributed by atoms with van der Waals surface area (Å²) in [4.78, 5) is 15.1. The van der Waals surface area contributed by atoms with Crippen LogP contribution in [-0.4, -0.2) is 29.9 Å². The predicted octanol–water partition coefficient (Wildman–Crippen LogP) is 4.47. The molecule has 0 spiro atoms. The average Bonchev–Trinajstić information content (AvgIpc) is 2.68. The first-order chi connectivity index (χ1) is 12.5. The van der Waals surface area contributed by atoms with Crippen molar-refractivity contribution in [2.75, 3.05) is 13.1 Å². The van der Waals surface area contributed by atoms with Crippen LogP contribution in [0.1, 0.15) is 31.4 Å². The van der Waals surface area contributed by atoms with E-state index in [0.717, 1.165) is 31.5 Å². The van der Waals surface area contributed by atoms with Gasteiger partial charge in [0.05, 0.1) is 0 Å². The summed E-state index contributed by atoms with van der Waals surface area (Å²) in [7, 11) is 0. The van der Waals surface area contributed by atoms with Gasteiger partial charge in [-0.3, -0.25) is 4.79 Å². The van der Waals surface area contributed by atoms with Gasteiger partial charge in [0.25, 0.3) is 5.91 Å². The second-order valence-electron chi connectivity index (χ2n) is 6.88. The topological polar surface area (TPSA) is 55.6 Å². The number of piperidine rings is 1. The molecule has 0 bridgehead atoms. The molecule has 2 N–H and O–H groups in total. The van der Waals surface area contributed by atoms with E-state index in [9.17, 15) is 4.79 Å². The van der Waals surface area contributed by atoms with Gasteiger partial charge in [-0.2, -0.15) is 0 Å². The number of benzene rings is 2. The molecule has 2 aromatic carbocycles. The molecule has 1 heterocycles. The van der Waals surface area contributed by atoms with Crippen LogP contribution in [0.15, 0.2) is 54.6 Å². The molecule has 2 atom stereocenters. The molecule has 1 fully saturated rings. The Balaban J connectivity index is 0.00000261. The molecule has 2 unspecified atom stereocenters. The lowest BCUT2D eigenvalue weighted by molar-refractivity contribution is -0.140. The number of nitrogens with zero attached hydrogens (tertiary/aromatic N) is 1. The molecule has 3 rings (SSSR count). The van der Waals surface area contributed by atoms with Crippen LogP contribution < -0.4 is 10.5 Å². The minimum absolute atomic E-state index is 0. The normalized spacial score (nSPS) is 16.9. The number of carbonyl (C=O) groups excluding carboxylic acids is 1. The molecule has 1 saturated heterocycles. The fraction of sp³-hybridized carbons (Fsp3) is 0.381. The van der Waals surface area contributed by atoms with E-state index in [1.807, 2.05) is 42.2 Å². The van der Waals surface area contributed by atoms with Crippen LogP contribution in [0.2, 0.25) is 5.02 Å². The summed E-state index contributed by atoms with van der Waals surface area (Å²) in [5.41, 5.74) is 6.86. The summed E-state index contributed by atoms with van der Waals surface area (Å²) in [5, 5.41) is 0.637. The summed E-state index contributed by atoms with van der Waals surface area (Å²) in [6, 6.07) is 16.9. The van der Waals surface area contributed by atoms with Crippen LogP contribution in [-0.2, 0) is 4.79 Å². The van der Waals surface area contributed by atoms with Gasteiger partial charge >= 0.3 is 0 Å². The number of nitrogens with two attached hydrogens (primary N) is 1. The Hall–Kier alpha value is -1.75. The molecule has 1 aliphatic heterocycles. The zero-order chi connectivity index (χ0) is 18.5. The lowest BCUT2D eigenvalue weighted by Gasteiger charge is -2.35. The van der Waals surface area contributed by atoms with Gasteiger partial charge in [-0.15, -0.1) is 12.4 Å². The maximum absolute atomic E-state index is 13.2. The average molecular weight is 409 g/mol. The fourth-order valence-corrected chi connectivity index (χ4v) is 3.48. The Kier molecular flexibility index (Phi) is 7.96. The molecule has 2 aromatic rings. The van der Waals surface area contributed by atoms with Gasteiger partial charge in [-0.05, 0) is 49.9 Å². The highest BCUT2D eigenvalue weighted by atomic mass is 35.5. The summed E-state index contributed by atoms with van der Waals surface area (Å²) >= 11 is 5.95. The molecule has 27 heavy (non-hydrogen) atoms. The lowest BCUT2D eigenvalue weighted by atomic mass is 9.90. The van der Waals surface area contributed by atoms with Crippen LogP contribution in [0, 0.1) is 5.92 Å². The number of rotatable bonds is 5. The van der Waals surface area contributed by atoms with E-state index >= 15 is 0 Å². The van der Waals surface area contributed by atoms with E-state index in [-0.39, 0.29) is 24.4 Å². The molecular weight excluding hydrogens is 383 g/mol. The van der Waals surface area contributed by atoms with Gasteiger partial charge in [0.2, 0.25) is 6.10 Å². The first-order valence-electron chi connectivity index (χ1n) is 9.06. The van der Waals surface area contributed by atoms with Crippen molar-refractivity contribution in [3.05, 3.63) is 65.2 Å². The van der Waals surface area contributed by atoms with E-state index in [1.54, 1.807) is 24.3 Å². The maximum Gasteiger partial charge on any atom is 0.268 e. The van der Waals surface area contributed by atoms with Crippen molar-refractivity contribution in [1.82, 2.24) is 4.90 Å². The van der Waals surface area contributed by atoms with Crippen LogP contribution >= 0.6 is 24.0 Å². The minimum atomic E-state index is -0.663. The lowest BCUT2D eigenvalue weighted by Crippen LogP contribution is -2.45. The number of carbonyl (C=O) groups is 1. The smallest absolute Gasteiger partial charge is 0.268 e. The Labute approximate surface area is 172 Å². The highest BCUT2D eigenvalue weighted by Gasteiger charge is 2.31. The number of halogens is 2. The van der Waals surface area contributed by atoms with E-state index in [1.165, 1.54) is 0 Å². The van der Waals surface area contributed by atoms with Gasteiger partial charge < -0.3 is 15.4 Å². The molecular formula is C21H26Cl2N2O2. The van der Waals surface area contributed by atoms with Crippen molar-refractivity contribution in [3.63, 3.8) is 0 Å². The standard InChI is InChI=1S/C21H25ClN2O2.ClH/c1-15(23)16-11-13-24(14-12-16)21(25)20(17-5-3-2-4-6-17)26-19-9-7-18(22)8-10-19;/h2-10,15-16,20H,11-14,23H2,1H3;1H. The molecule has 0 aromatic heterocycles. The number of amides is 1. The van der Waals surface area contributed by atoms with Crippen LogP contribution in [0.4, 0.5) is 0 Å². The van der Waals surface area contributed by atoms with Crippen molar-refractivity contribution >= 4 is 29.9 Å². The molecule has 1 aliphatic rings. The zero-order valence-corrected chi connectivity index (χ0v) is 17.0. The van der Waals surface area contributed by atoms with Crippen molar-refractivity contribution in [1.29, 1.82) is 0 Å². The third-order valence-corrected chi connectivity index (χ3v) is 5.24. The first kappa shape index (κ1) is 21.5. The third kappa shape index (κ3) is 5.61. The van der Waals surface area contributed by atoms with Crippen LogP contribution in [0.3, 0.4) is 0 Å². The van der Waals surface area contributed by atoms with Gasteiger partial charge in [0.1, 0.15) is 5.75 Å². The molecule has 146 valence electrons. The Bertz CT molecular complexity index is 715. The SMILES string of the molecule is CC(N)C1CCN(C(=O)C(Oc2ccc(Cl)cc2)c2ccccc2)CC1.Cl. The second-order valence-corrected chi connectivity index (χ2v) is 7.32. The fourth-order valence-electron chi connectivity index (χ4n) is 3.35. The maximum atomic E-state index is 13.2. The number of likely N-dealkylation sites (tertiary alicyclic amines) is 1. The van der Waals surface area contributed by atoms with Gasteiger partial charge in [-0.25, -0.2) is 0 Å². The van der Waals surface area contributed by atoms with E-state index in [2.05, 4.69) is 0 Å². The Morgan fingerprint density at radius 1 is 1.11 bits per heavy atom. The number of hydrogen-bond donors (Lipinski definition) is 1. The van der Waals surface area contributed by atoms with Crippen molar-refractivity contribution < 1.29 is 9.53 Å². The summed E-state index contributed by atoms with van der Waals surface area (Å²) in [5.74, 6) is 1.10. The third-order valence-electron chi connectivity index (χ3n) is 4.99. The molecule has 0 saturated carbocycles. The highest BCUT2D eigenvalue weighted by molar-refractivity contribution is 6.30. The van der Waals surface area contributed by atoms with Gasteiger partial charge in [-0.1, -0.05) is 41.9 Å².